The van der Waals surface area contributed by atoms with Crippen LogP contribution in [0.1, 0.15) is 20.3 Å². The van der Waals surface area contributed by atoms with Gasteiger partial charge in [0.25, 0.3) is 0 Å². The van der Waals surface area contributed by atoms with E-state index < -0.39 is 0 Å². The van der Waals surface area contributed by atoms with Crippen molar-refractivity contribution in [3.8, 4) is 11.5 Å². The molecule has 0 fully saturated rings. The third-order valence-corrected chi connectivity index (χ3v) is 2.94. The number of carbonyl (C=O) groups is 1. The van der Waals surface area contributed by atoms with Gasteiger partial charge in [-0.2, -0.15) is 0 Å². The molecule has 1 rings (SSSR count). The van der Waals surface area contributed by atoms with Gasteiger partial charge in [-0.05, 0) is 18.1 Å². The Morgan fingerprint density at radius 2 is 1.89 bits per heavy atom. The summed E-state index contributed by atoms with van der Waals surface area (Å²) in [5.41, 5.74) is 6.53. The van der Waals surface area contributed by atoms with Crippen molar-refractivity contribution >= 4 is 11.6 Å². The van der Waals surface area contributed by atoms with Gasteiger partial charge >= 0.3 is 0 Å². The Hall–Kier alpha value is -1.75. The molecule has 3 N–H and O–H groups in total. The predicted octanol–water partition coefficient (Wildman–Crippen LogP) is 2.02. The van der Waals surface area contributed by atoms with E-state index in [1.807, 2.05) is 13.8 Å². The summed E-state index contributed by atoms with van der Waals surface area (Å²) in [5, 5.41) is 2.80. The zero-order valence-electron chi connectivity index (χ0n) is 11.9. The van der Waals surface area contributed by atoms with E-state index in [0.29, 0.717) is 23.6 Å². The van der Waals surface area contributed by atoms with E-state index in [1.54, 1.807) is 32.4 Å². The van der Waals surface area contributed by atoms with Crippen molar-refractivity contribution in [1.82, 2.24) is 0 Å². The van der Waals surface area contributed by atoms with Gasteiger partial charge in [0.15, 0.2) is 11.5 Å². The van der Waals surface area contributed by atoms with Gasteiger partial charge in [0, 0.05) is 24.2 Å². The van der Waals surface area contributed by atoms with Crippen molar-refractivity contribution in [2.45, 2.75) is 26.3 Å². The summed E-state index contributed by atoms with van der Waals surface area (Å²) in [4.78, 5) is 11.8. The zero-order chi connectivity index (χ0) is 14.4. The van der Waals surface area contributed by atoms with Crippen LogP contribution in [0.25, 0.3) is 0 Å². The summed E-state index contributed by atoms with van der Waals surface area (Å²) in [7, 11) is 3.12. The van der Waals surface area contributed by atoms with E-state index in [9.17, 15) is 4.79 Å². The smallest absolute Gasteiger partial charge is 0.225 e. The highest BCUT2D eigenvalue weighted by atomic mass is 16.5. The number of nitrogens with one attached hydrogen (secondary N) is 1. The number of rotatable bonds is 6. The van der Waals surface area contributed by atoms with Crippen LogP contribution in [-0.4, -0.2) is 26.2 Å². The molecule has 1 aromatic carbocycles. The summed E-state index contributed by atoms with van der Waals surface area (Å²) >= 11 is 0. The molecule has 0 radical (unpaired) electrons. The Balaban J connectivity index is 2.69. The Bertz CT molecular complexity index is 433. The van der Waals surface area contributed by atoms with Crippen molar-refractivity contribution < 1.29 is 14.3 Å². The first-order valence-electron chi connectivity index (χ1n) is 6.25. The van der Waals surface area contributed by atoms with E-state index in [0.717, 1.165) is 0 Å². The minimum Gasteiger partial charge on any atom is -0.493 e. The summed E-state index contributed by atoms with van der Waals surface area (Å²) in [5.74, 6) is 1.37. The first-order chi connectivity index (χ1) is 8.97. The molecule has 0 aliphatic heterocycles. The minimum atomic E-state index is -0.139. The van der Waals surface area contributed by atoms with Crippen molar-refractivity contribution in [2.75, 3.05) is 19.5 Å². The molecule has 1 amide bonds. The van der Waals surface area contributed by atoms with Crippen LogP contribution in [0, 0.1) is 5.92 Å². The first kappa shape index (κ1) is 15.3. The number of benzene rings is 1. The van der Waals surface area contributed by atoms with Crippen LogP contribution < -0.4 is 20.5 Å². The van der Waals surface area contributed by atoms with Gasteiger partial charge in [0.1, 0.15) is 0 Å². The van der Waals surface area contributed by atoms with Crippen molar-refractivity contribution in [3.63, 3.8) is 0 Å². The van der Waals surface area contributed by atoms with Crippen LogP contribution >= 0.6 is 0 Å². The molecular weight excluding hydrogens is 244 g/mol. The van der Waals surface area contributed by atoms with Crippen molar-refractivity contribution in [3.05, 3.63) is 18.2 Å². The number of carbonyl (C=O) groups excluding carboxylic acids is 1. The fourth-order valence-electron chi connectivity index (χ4n) is 1.58. The number of ether oxygens (including phenoxy) is 2. The largest absolute Gasteiger partial charge is 0.493 e. The fraction of sp³-hybridized carbons (Fsp3) is 0.500. The Morgan fingerprint density at radius 3 is 2.42 bits per heavy atom. The number of methoxy groups -OCH3 is 2. The molecule has 0 aliphatic rings. The van der Waals surface area contributed by atoms with Crippen LogP contribution in [0.2, 0.25) is 0 Å². The lowest BCUT2D eigenvalue weighted by atomic mass is 10.0. The molecule has 1 atom stereocenters. The minimum absolute atomic E-state index is 0.103. The van der Waals surface area contributed by atoms with Gasteiger partial charge in [-0.15, -0.1) is 0 Å². The second-order valence-corrected chi connectivity index (χ2v) is 4.73. The lowest BCUT2D eigenvalue weighted by Crippen LogP contribution is -2.31. The average Bonchev–Trinajstić information content (AvgIpc) is 2.38. The fourth-order valence-corrected chi connectivity index (χ4v) is 1.58. The molecule has 0 aromatic heterocycles. The van der Waals surface area contributed by atoms with Gasteiger partial charge < -0.3 is 20.5 Å². The quantitative estimate of drug-likeness (QED) is 0.826. The van der Waals surface area contributed by atoms with Crippen LogP contribution in [0.3, 0.4) is 0 Å². The Labute approximate surface area is 114 Å². The molecule has 0 heterocycles. The van der Waals surface area contributed by atoms with E-state index in [2.05, 4.69) is 5.32 Å². The van der Waals surface area contributed by atoms with Gasteiger partial charge in [0.2, 0.25) is 5.91 Å². The maximum atomic E-state index is 11.8. The summed E-state index contributed by atoms with van der Waals surface area (Å²) in [6, 6.07) is 5.09. The lowest BCUT2D eigenvalue weighted by molar-refractivity contribution is -0.116. The third-order valence-electron chi connectivity index (χ3n) is 2.94. The monoisotopic (exact) mass is 266 g/mol. The molecule has 5 nitrogen and oxygen atoms in total. The molecule has 106 valence electrons. The molecule has 0 aliphatic carbocycles. The van der Waals surface area contributed by atoms with Crippen molar-refractivity contribution in [1.29, 1.82) is 0 Å². The van der Waals surface area contributed by atoms with E-state index in [1.165, 1.54) is 0 Å². The second-order valence-electron chi connectivity index (χ2n) is 4.73. The van der Waals surface area contributed by atoms with E-state index >= 15 is 0 Å². The third kappa shape index (κ3) is 4.44. The van der Waals surface area contributed by atoms with E-state index in [4.69, 9.17) is 15.2 Å². The molecule has 1 aromatic rings. The van der Waals surface area contributed by atoms with Crippen LogP contribution in [0.4, 0.5) is 5.69 Å². The average molecular weight is 266 g/mol. The van der Waals surface area contributed by atoms with Crippen LogP contribution in [0.5, 0.6) is 11.5 Å². The Morgan fingerprint density at radius 1 is 1.26 bits per heavy atom. The molecule has 0 saturated carbocycles. The zero-order valence-corrected chi connectivity index (χ0v) is 11.9. The van der Waals surface area contributed by atoms with E-state index in [-0.39, 0.29) is 17.9 Å². The molecule has 5 heteroatoms. The molecule has 0 spiro atoms. The SMILES string of the molecule is COc1ccc(NC(=O)CC(N)C(C)C)cc1OC. The highest BCUT2D eigenvalue weighted by Gasteiger charge is 2.13. The molecule has 1 unspecified atom stereocenters. The number of nitrogens with two attached hydrogens (primary N) is 1. The number of amides is 1. The molecule has 0 bridgehead atoms. The maximum absolute atomic E-state index is 11.8. The van der Waals surface area contributed by atoms with Gasteiger partial charge in [0.05, 0.1) is 14.2 Å². The number of anilines is 1. The maximum Gasteiger partial charge on any atom is 0.225 e. The van der Waals surface area contributed by atoms with Crippen LogP contribution in [0.15, 0.2) is 18.2 Å². The van der Waals surface area contributed by atoms with Gasteiger partial charge in [-0.3, -0.25) is 4.79 Å². The summed E-state index contributed by atoms with van der Waals surface area (Å²) in [6.45, 7) is 3.99. The molecule has 19 heavy (non-hydrogen) atoms. The normalized spacial score (nSPS) is 12.1. The number of hydrogen-bond donors (Lipinski definition) is 2. The van der Waals surface area contributed by atoms with Gasteiger partial charge in [-0.25, -0.2) is 0 Å². The molecular formula is C14H22N2O3. The van der Waals surface area contributed by atoms with Crippen LogP contribution in [-0.2, 0) is 4.79 Å². The first-order valence-corrected chi connectivity index (χ1v) is 6.25. The number of hydrogen-bond acceptors (Lipinski definition) is 4. The van der Waals surface area contributed by atoms with Gasteiger partial charge in [-0.1, -0.05) is 13.8 Å². The second kappa shape index (κ2) is 6.99. The topological polar surface area (TPSA) is 73.6 Å². The summed E-state index contributed by atoms with van der Waals surface area (Å²) < 4.78 is 10.3. The highest BCUT2D eigenvalue weighted by Crippen LogP contribution is 2.29. The predicted molar refractivity (Wildman–Crippen MR) is 75.6 cm³/mol. The summed E-state index contributed by atoms with van der Waals surface area (Å²) in [6.07, 6.45) is 0.298. The lowest BCUT2D eigenvalue weighted by Gasteiger charge is -2.15. The Kier molecular flexibility index (Phi) is 5.63. The molecule has 0 saturated heterocycles. The highest BCUT2D eigenvalue weighted by molar-refractivity contribution is 5.91. The standard InChI is InChI=1S/C14H22N2O3/c1-9(2)11(15)8-14(17)16-10-5-6-12(18-3)13(7-10)19-4/h5-7,9,11H,8,15H2,1-4H3,(H,16,17). The van der Waals surface area contributed by atoms with Crippen molar-refractivity contribution in [2.24, 2.45) is 11.7 Å².